The van der Waals surface area contributed by atoms with E-state index >= 15 is 0 Å². The normalized spacial score (nSPS) is 14.1. The molecule has 0 radical (unpaired) electrons. The number of benzene rings is 13. The number of fused-ring (bicyclic) bond motifs is 10. The molecule has 2 aliphatic rings. The van der Waals surface area contributed by atoms with Crippen molar-refractivity contribution >= 4 is 101 Å². The average Bonchev–Trinajstić information content (AvgIpc) is 1.57. The van der Waals surface area contributed by atoms with Gasteiger partial charge in [-0.3, -0.25) is 0 Å². The number of hydrogen-bond donors (Lipinski definition) is 0. The molecule has 0 saturated heterocycles. The summed E-state index contributed by atoms with van der Waals surface area (Å²) < 4.78 is 78.7. The molecule has 0 fully saturated rings. The average molecular weight is 1260 g/mol. The van der Waals surface area contributed by atoms with E-state index in [4.69, 9.17) is 2.74 Å². The SMILES string of the molecule is [2H]c1c([2H])c([2H])c2c(c1[2H])c1c([2H])c([2H])c([2H])c([2H])c1n2-c1ccc2c(c1)N(c1cc(-c3ccccc3)cc(-c3ccccc3)c1)c1cc(-c3ccc(C(C)(C)C)cc3)cc3c1B2c1ccc(-c2cc(C(C)(C)C)cc(C(C)(C)C)c2)cc1N3c1cccc(-n2c3ccccc3c3ccccc32)c1C#N. The highest BCUT2D eigenvalue weighted by Gasteiger charge is 2.45. The standard InChI is InChI=1S/C91H74BN5/c1-89(2,3)66-42-39-60(40-43-66)65-53-86-88-87(54-65)97(83-38-24-37-82(75(83)57-93)96-80-35-22-18-31-73(80)74-32-19-23-36-81(74)96)84-52-61(64-48-67(90(4,5)6)55-68(49-64)91(7,8)9)41-45-76(84)92(88)77-46-44-69(94-78-33-20-16-29-71(78)72-30-17-21-34-79(72)94)56-85(77)95(86)70-50-62(58-25-12-10-13-26-58)47-63(51-70)59-27-14-11-15-28-59/h10-56H,1-9H3/i16D,17D,20D,21D,29D,30D,33D,34D. The largest absolute Gasteiger partial charge is 0.311 e. The fraction of sp³-hybridized carbons (Fsp3) is 0.132. The molecule has 2 aromatic heterocycles. The second-order valence-electron chi connectivity index (χ2n) is 29.1. The fourth-order valence-electron chi connectivity index (χ4n) is 15.0. The van der Waals surface area contributed by atoms with Crippen molar-refractivity contribution < 1.29 is 11.0 Å². The van der Waals surface area contributed by atoms with Crippen molar-refractivity contribution in [3.8, 4) is 62.0 Å². The van der Waals surface area contributed by atoms with Gasteiger partial charge in [-0.2, -0.15) is 5.26 Å². The van der Waals surface area contributed by atoms with Crippen LogP contribution in [-0.4, -0.2) is 15.8 Å². The Kier molecular flexibility index (Phi) is 11.8. The lowest BCUT2D eigenvalue weighted by Gasteiger charge is -2.45. The summed E-state index contributed by atoms with van der Waals surface area (Å²) >= 11 is 0. The molecule has 0 N–H and O–H groups in total. The minimum atomic E-state index is -0.524. The van der Waals surface area contributed by atoms with E-state index < -0.39 is 43.0 Å². The maximum atomic E-state index is 12.3. The molecule has 0 spiro atoms. The molecule has 13 aromatic carbocycles. The lowest BCUT2D eigenvalue weighted by atomic mass is 9.33. The van der Waals surface area contributed by atoms with Gasteiger partial charge < -0.3 is 18.9 Å². The summed E-state index contributed by atoms with van der Waals surface area (Å²) in [4.78, 5) is 4.67. The molecule has 0 amide bonds. The van der Waals surface area contributed by atoms with Crippen molar-refractivity contribution in [2.45, 2.75) is 78.6 Å². The third kappa shape index (κ3) is 9.81. The Morgan fingerprint density at radius 1 is 0.320 bits per heavy atom. The van der Waals surface area contributed by atoms with Crippen LogP contribution >= 0.6 is 0 Å². The first-order chi connectivity index (χ1) is 50.3. The maximum Gasteiger partial charge on any atom is 0.252 e. The van der Waals surface area contributed by atoms with Gasteiger partial charge in [0.15, 0.2) is 0 Å². The molecule has 0 atom stereocenters. The summed E-state index contributed by atoms with van der Waals surface area (Å²) in [6, 6.07) is 83.0. The quantitative estimate of drug-likeness (QED) is 0.142. The molecule has 466 valence electrons. The molecular weight excluding hydrogens is 1170 g/mol. The molecule has 15 aromatic rings. The Labute approximate surface area is 580 Å². The zero-order chi connectivity index (χ0) is 73.2. The number of aromatic nitrogens is 2. The van der Waals surface area contributed by atoms with E-state index in [9.17, 15) is 13.5 Å². The van der Waals surface area contributed by atoms with E-state index in [2.05, 4.69) is 271 Å². The molecule has 0 aliphatic carbocycles. The van der Waals surface area contributed by atoms with Crippen molar-refractivity contribution in [3.05, 3.63) is 307 Å². The van der Waals surface area contributed by atoms with Crippen molar-refractivity contribution in [1.29, 1.82) is 5.26 Å². The van der Waals surface area contributed by atoms with E-state index in [0.29, 0.717) is 16.9 Å². The number of hydrogen-bond acceptors (Lipinski definition) is 3. The molecule has 5 nitrogen and oxygen atoms in total. The highest BCUT2D eigenvalue weighted by atomic mass is 15.2. The lowest BCUT2D eigenvalue weighted by molar-refractivity contribution is 0.569. The van der Waals surface area contributed by atoms with Crippen molar-refractivity contribution in [1.82, 2.24) is 9.13 Å². The molecule has 0 bridgehead atoms. The molecule has 6 heteroatoms. The van der Waals surface area contributed by atoms with Gasteiger partial charge in [0.2, 0.25) is 0 Å². The lowest BCUT2D eigenvalue weighted by Crippen LogP contribution is -2.61. The van der Waals surface area contributed by atoms with Crippen LogP contribution in [0.1, 0.15) is 95.5 Å². The second-order valence-corrected chi connectivity index (χ2v) is 29.1. The predicted molar refractivity (Wildman–Crippen MR) is 412 cm³/mol. The van der Waals surface area contributed by atoms with Gasteiger partial charge in [0.25, 0.3) is 6.71 Å². The van der Waals surface area contributed by atoms with Crippen LogP contribution in [0.25, 0.3) is 99.5 Å². The summed E-state index contributed by atoms with van der Waals surface area (Å²) in [5.41, 5.74) is 22.0. The Balaban J connectivity index is 1.04. The van der Waals surface area contributed by atoms with Gasteiger partial charge in [-0.25, -0.2) is 0 Å². The molecule has 4 heterocycles. The van der Waals surface area contributed by atoms with Gasteiger partial charge >= 0.3 is 0 Å². The fourth-order valence-corrected chi connectivity index (χ4v) is 15.0. The van der Waals surface area contributed by atoms with E-state index in [1.54, 1.807) is 4.57 Å². The smallest absolute Gasteiger partial charge is 0.252 e. The first-order valence-corrected chi connectivity index (χ1v) is 33.4. The maximum absolute atomic E-state index is 12.3. The minimum Gasteiger partial charge on any atom is -0.311 e. The number of nitrogens with zero attached hydrogens (tertiary/aromatic N) is 5. The first-order valence-electron chi connectivity index (χ1n) is 37.4. The molecule has 97 heavy (non-hydrogen) atoms. The van der Waals surface area contributed by atoms with Gasteiger partial charge in [-0.05, 0) is 179 Å². The summed E-state index contributed by atoms with van der Waals surface area (Å²) in [5, 5.41) is 14.5. The third-order valence-electron chi connectivity index (χ3n) is 20.0. The predicted octanol–water partition coefficient (Wildman–Crippen LogP) is 22.4. The zero-order valence-corrected chi connectivity index (χ0v) is 55.8. The Hall–Kier alpha value is -11.4. The Bertz CT molecular complexity index is 6010. The van der Waals surface area contributed by atoms with E-state index in [1.807, 2.05) is 48.5 Å². The summed E-state index contributed by atoms with van der Waals surface area (Å²) in [5.74, 6) is 0. The number of para-hydroxylation sites is 4. The van der Waals surface area contributed by atoms with Crippen molar-refractivity contribution in [2.24, 2.45) is 0 Å². The van der Waals surface area contributed by atoms with Gasteiger partial charge in [0.1, 0.15) is 11.6 Å². The van der Waals surface area contributed by atoms with Crippen LogP contribution in [0.15, 0.2) is 285 Å². The molecule has 0 saturated carbocycles. The second kappa shape index (κ2) is 22.4. The summed E-state index contributed by atoms with van der Waals surface area (Å²) in [6.45, 7) is 19.7. The van der Waals surface area contributed by atoms with Crippen LogP contribution in [0, 0.1) is 11.3 Å². The summed E-state index contributed by atoms with van der Waals surface area (Å²) in [7, 11) is 0. The monoisotopic (exact) mass is 1260 g/mol. The van der Waals surface area contributed by atoms with Gasteiger partial charge in [0.05, 0.1) is 44.4 Å². The van der Waals surface area contributed by atoms with Crippen LogP contribution in [-0.2, 0) is 16.2 Å². The Morgan fingerprint density at radius 3 is 1.35 bits per heavy atom. The van der Waals surface area contributed by atoms with E-state index in [-0.39, 0.29) is 50.1 Å². The van der Waals surface area contributed by atoms with Crippen LogP contribution in [0.4, 0.5) is 34.1 Å². The van der Waals surface area contributed by atoms with Crippen LogP contribution < -0.4 is 26.2 Å². The third-order valence-corrected chi connectivity index (χ3v) is 20.0. The molecule has 0 unspecified atom stereocenters. The topological polar surface area (TPSA) is 40.1 Å². The molecular formula is C91H74BN5. The number of anilines is 6. The van der Waals surface area contributed by atoms with Crippen LogP contribution in [0.5, 0.6) is 0 Å². The Morgan fingerprint density at radius 2 is 0.784 bits per heavy atom. The van der Waals surface area contributed by atoms with Crippen molar-refractivity contribution in [2.75, 3.05) is 9.80 Å². The van der Waals surface area contributed by atoms with Crippen LogP contribution in [0.3, 0.4) is 0 Å². The van der Waals surface area contributed by atoms with E-state index in [1.165, 1.54) is 16.7 Å². The van der Waals surface area contributed by atoms with E-state index in [0.717, 1.165) is 117 Å². The van der Waals surface area contributed by atoms with Gasteiger partial charge in [0, 0.05) is 55.7 Å². The number of rotatable bonds is 8. The zero-order valence-electron chi connectivity index (χ0n) is 63.8. The highest BCUT2D eigenvalue weighted by molar-refractivity contribution is 7.00. The van der Waals surface area contributed by atoms with Crippen molar-refractivity contribution in [3.63, 3.8) is 0 Å². The first kappa shape index (κ1) is 51.0. The minimum absolute atomic E-state index is 0.00327. The highest BCUT2D eigenvalue weighted by Crippen LogP contribution is 2.51. The van der Waals surface area contributed by atoms with Gasteiger partial charge in [-0.15, -0.1) is 0 Å². The molecule has 17 rings (SSSR count). The van der Waals surface area contributed by atoms with Gasteiger partial charge in [-0.1, -0.05) is 262 Å². The molecule has 2 aliphatic heterocycles. The van der Waals surface area contributed by atoms with Crippen LogP contribution in [0.2, 0.25) is 0 Å². The number of nitriles is 1. The summed E-state index contributed by atoms with van der Waals surface area (Å²) in [6.07, 6.45) is 0.